The Bertz CT molecular complexity index is 838. The van der Waals surface area contributed by atoms with E-state index in [1.165, 1.54) is 4.88 Å². The van der Waals surface area contributed by atoms with Crippen LogP contribution in [0, 0.1) is 6.92 Å². The summed E-state index contributed by atoms with van der Waals surface area (Å²) < 4.78 is 5.75. The molecule has 24 heavy (non-hydrogen) atoms. The second kappa shape index (κ2) is 7.43. The SMILES string of the molecule is Cc1ccccc1-c1cc(COCc2cccs2)ccc1C(=O)O. The summed E-state index contributed by atoms with van der Waals surface area (Å²) in [5.41, 5.74) is 4.01. The number of benzene rings is 2. The second-order valence-corrected chi connectivity index (χ2v) is 6.60. The van der Waals surface area contributed by atoms with E-state index in [1.807, 2.05) is 60.8 Å². The van der Waals surface area contributed by atoms with Crippen LogP contribution in [0.25, 0.3) is 11.1 Å². The van der Waals surface area contributed by atoms with Crippen molar-refractivity contribution in [2.45, 2.75) is 20.1 Å². The highest BCUT2D eigenvalue weighted by Crippen LogP contribution is 2.28. The van der Waals surface area contributed by atoms with Gasteiger partial charge in [-0.3, -0.25) is 0 Å². The molecule has 1 heterocycles. The summed E-state index contributed by atoms with van der Waals surface area (Å²) in [5.74, 6) is -0.917. The first-order valence-corrected chi connectivity index (χ1v) is 8.55. The van der Waals surface area contributed by atoms with E-state index in [4.69, 9.17) is 4.74 Å². The molecule has 3 nitrogen and oxygen atoms in total. The van der Waals surface area contributed by atoms with Crippen molar-refractivity contribution in [1.29, 1.82) is 0 Å². The average Bonchev–Trinajstić information content (AvgIpc) is 3.08. The van der Waals surface area contributed by atoms with Gasteiger partial charge in [-0.15, -0.1) is 11.3 Å². The minimum absolute atomic E-state index is 0.311. The summed E-state index contributed by atoms with van der Waals surface area (Å²) in [6.07, 6.45) is 0. The lowest BCUT2D eigenvalue weighted by Gasteiger charge is -2.12. The lowest BCUT2D eigenvalue weighted by Crippen LogP contribution is -2.02. The Kier molecular flexibility index (Phi) is 5.08. The Morgan fingerprint density at radius 1 is 1.04 bits per heavy atom. The summed E-state index contributed by atoms with van der Waals surface area (Å²) in [6, 6.07) is 17.3. The van der Waals surface area contributed by atoms with Crippen LogP contribution in [0.5, 0.6) is 0 Å². The first-order chi connectivity index (χ1) is 11.6. The molecule has 0 bridgehead atoms. The highest BCUT2D eigenvalue weighted by atomic mass is 32.1. The van der Waals surface area contributed by atoms with Crippen LogP contribution >= 0.6 is 11.3 Å². The van der Waals surface area contributed by atoms with Crippen molar-refractivity contribution in [3.8, 4) is 11.1 Å². The molecule has 1 aromatic heterocycles. The van der Waals surface area contributed by atoms with Crippen LogP contribution < -0.4 is 0 Å². The van der Waals surface area contributed by atoms with Gasteiger partial charge in [-0.25, -0.2) is 4.79 Å². The smallest absolute Gasteiger partial charge is 0.336 e. The van der Waals surface area contributed by atoms with Crippen LogP contribution in [-0.4, -0.2) is 11.1 Å². The molecule has 0 aliphatic heterocycles. The molecule has 122 valence electrons. The van der Waals surface area contributed by atoms with Crippen LogP contribution in [0.1, 0.15) is 26.4 Å². The van der Waals surface area contributed by atoms with Gasteiger partial charge in [-0.2, -0.15) is 0 Å². The number of aryl methyl sites for hydroxylation is 1. The first-order valence-electron chi connectivity index (χ1n) is 7.67. The summed E-state index contributed by atoms with van der Waals surface area (Å²) in [6.45, 7) is 3.01. The zero-order chi connectivity index (χ0) is 16.9. The highest BCUT2D eigenvalue weighted by Gasteiger charge is 2.14. The number of thiophene rings is 1. The molecule has 0 saturated carbocycles. The third-order valence-corrected chi connectivity index (χ3v) is 4.69. The van der Waals surface area contributed by atoms with Crippen molar-refractivity contribution in [3.63, 3.8) is 0 Å². The summed E-state index contributed by atoms with van der Waals surface area (Å²) in [7, 11) is 0. The van der Waals surface area contributed by atoms with Gasteiger partial charge in [0.25, 0.3) is 0 Å². The zero-order valence-corrected chi connectivity index (χ0v) is 14.2. The van der Waals surface area contributed by atoms with Crippen LogP contribution in [0.4, 0.5) is 0 Å². The summed E-state index contributed by atoms with van der Waals surface area (Å²) >= 11 is 1.66. The van der Waals surface area contributed by atoms with Gasteiger partial charge >= 0.3 is 5.97 Å². The van der Waals surface area contributed by atoms with E-state index >= 15 is 0 Å². The highest BCUT2D eigenvalue weighted by molar-refractivity contribution is 7.09. The van der Waals surface area contributed by atoms with Crippen molar-refractivity contribution in [2.24, 2.45) is 0 Å². The van der Waals surface area contributed by atoms with Crippen LogP contribution in [0.3, 0.4) is 0 Å². The van der Waals surface area contributed by atoms with Crippen molar-refractivity contribution in [1.82, 2.24) is 0 Å². The number of rotatable bonds is 6. The predicted octanol–water partition coefficient (Wildman–Crippen LogP) is 5.14. The minimum Gasteiger partial charge on any atom is -0.478 e. The van der Waals surface area contributed by atoms with Gasteiger partial charge in [0, 0.05) is 4.88 Å². The van der Waals surface area contributed by atoms with Crippen molar-refractivity contribution >= 4 is 17.3 Å². The number of ether oxygens (including phenoxy) is 1. The molecule has 0 fully saturated rings. The Morgan fingerprint density at radius 3 is 2.58 bits per heavy atom. The largest absolute Gasteiger partial charge is 0.478 e. The van der Waals surface area contributed by atoms with Gasteiger partial charge in [-0.1, -0.05) is 36.4 Å². The van der Waals surface area contributed by atoms with E-state index in [0.29, 0.717) is 18.8 Å². The average molecular weight is 338 g/mol. The van der Waals surface area contributed by atoms with Gasteiger partial charge < -0.3 is 9.84 Å². The fourth-order valence-corrected chi connectivity index (χ4v) is 3.27. The molecule has 0 aliphatic carbocycles. The lowest BCUT2D eigenvalue weighted by molar-refractivity contribution is 0.0697. The Balaban J connectivity index is 1.86. The second-order valence-electron chi connectivity index (χ2n) is 5.57. The van der Waals surface area contributed by atoms with Crippen molar-refractivity contribution in [2.75, 3.05) is 0 Å². The molecule has 0 atom stereocenters. The molecule has 3 rings (SSSR count). The van der Waals surface area contributed by atoms with Gasteiger partial charge in [0.1, 0.15) is 0 Å². The lowest BCUT2D eigenvalue weighted by atomic mass is 9.94. The van der Waals surface area contributed by atoms with Gasteiger partial charge in [0.05, 0.1) is 18.8 Å². The fourth-order valence-electron chi connectivity index (χ4n) is 2.63. The van der Waals surface area contributed by atoms with Crippen molar-refractivity contribution in [3.05, 3.63) is 81.5 Å². The topological polar surface area (TPSA) is 46.5 Å². The van der Waals surface area contributed by atoms with E-state index < -0.39 is 5.97 Å². The molecule has 0 unspecified atom stereocenters. The van der Waals surface area contributed by atoms with E-state index in [0.717, 1.165) is 22.3 Å². The van der Waals surface area contributed by atoms with E-state index in [2.05, 4.69) is 0 Å². The maximum atomic E-state index is 11.6. The quantitative estimate of drug-likeness (QED) is 0.677. The number of hydrogen-bond acceptors (Lipinski definition) is 3. The molecule has 1 N–H and O–H groups in total. The van der Waals surface area contributed by atoms with E-state index in [-0.39, 0.29) is 0 Å². The van der Waals surface area contributed by atoms with Crippen LogP contribution in [0.15, 0.2) is 60.0 Å². The number of hydrogen-bond donors (Lipinski definition) is 1. The minimum atomic E-state index is -0.917. The third-order valence-electron chi connectivity index (χ3n) is 3.84. The maximum Gasteiger partial charge on any atom is 0.336 e. The number of aromatic carboxylic acids is 1. The molecule has 4 heteroatoms. The van der Waals surface area contributed by atoms with Gasteiger partial charge in [0.15, 0.2) is 0 Å². The van der Waals surface area contributed by atoms with E-state index in [1.54, 1.807) is 17.4 Å². The number of carboxylic acid groups (broad SMARTS) is 1. The molecule has 0 saturated heterocycles. The predicted molar refractivity (Wildman–Crippen MR) is 96.4 cm³/mol. The Morgan fingerprint density at radius 2 is 1.88 bits per heavy atom. The zero-order valence-electron chi connectivity index (χ0n) is 13.4. The maximum absolute atomic E-state index is 11.6. The first kappa shape index (κ1) is 16.4. The summed E-state index contributed by atoms with van der Waals surface area (Å²) in [4.78, 5) is 12.7. The Hall–Kier alpha value is -2.43. The fraction of sp³-hybridized carbons (Fsp3) is 0.150. The summed E-state index contributed by atoms with van der Waals surface area (Å²) in [5, 5.41) is 11.5. The standard InChI is InChI=1S/C20H18O3S/c1-14-5-2-3-7-17(14)19-11-15(8-9-18(19)20(21)22)12-23-13-16-6-4-10-24-16/h2-11H,12-13H2,1H3,(H,21,22). The molecule has 3 aromatic rings. The number of carbonyl (C=O) groups is 1. The molecule has 2 aromatic carbocycles. The van der Waals surface area contributed by atoms with Crippen LogP contribution in [-0.2, 0) is 18.0 Å². The Labute approximate surface area is 145 Å². The van der Waals surface area contributed by atoms with Gasteiger partial charge in [0.2, 0.25) is 0 Å². The van der Waals surface area contributed by atoms with E-state index in [9.17, 15) is 9.90 Å². The normalized spacial score (nSPS) is 10.7. The molecule has 0 aliphatic rings. The van der Waals surface area contributed by atoms with Gasteiger partial charge in [-0.05, 0) is 52.8 Å². The molecular formula is C20H18O3S. The number of carboxylic acids is 1. The molecule has 0 amide bonds. The third kappa shape index (κ3) is 3.72. The monoisotopic (exact) mass is 338 g/mol. The molecule has 0 radical (unpaired) electrons. The van der Waals surface area contributed by atoms with Crippen molar-refractivity contribution < 1.29 is 14.6 Å². The van der Waals surface area contributed by atoms with Crippen LogP contribution in [0.2, 0.25) is 0 Å². The molecule has 0 spiro atoms. The molecular weight excluding hydrogens is 320 g/mol.